The second kappa shape index (κ2) is 2.70. The molecule has 3 unspecified atom stereocenters. The Morgan fingerprint density at radius 1 is 1.40 bits per heavy atom. The number of rotatable bonds is 0. The summed E-state index contributed by atoms with van der Waals surface area (Å²) >= 11 is 0. The van der Waals surface area contributed by atoms with Crippen LogP contribution in [0.25, 0.3) is 0 Å². The van der Waals surface area contributed by atoms with Gasteiger partial charge in [-0.2, -0.15) is 0 Å². The minimum atomic E-state index is 0.205. The van der Waals surface area contributed by atoms with Crippen molar-refractivity contribution in [3.05, 3.63) is 0 Å². The molecule has 1 aliphatic heterocycles. The average molecular weight is 141 g/mol. The molecule has 0 spiro atoms. The molecular weight excluding hydrogens is 126 g/mol. The molecule has 2 heteroatoms. The molecule has 1 rings (SSSR count). The third-order valence-electron chi connectivity index (χ3n) is 2.31. The van der Waals surface area contributed by atoms with Gasteiger partial charge in [0.15, 0.2) is 0 Å². The number of hydrogen-bond donors (Lipinski definition) is 1. The van der Waals surface area contributed by atoms with E-state index < -0.39 is 0 Å². The smallest absolute Gasteiger partial charge is 0.138 e. The molecule has 1 fully saturated rings. The summed E-state index contributed by atoms with van der Waals surface area (Å²) in [5.41, 5.74) is 0. The quantitative estimate of drug-likeness (QED) is 0.544. The molecule has 2 nitrogen and oxygen atoms in total. The SMILES string of the molecule is CC1CC(=O)C(C)C(C)N1. The van der Waals surface area contributed by atoms with Crippen molar-refractivity contribution in [2.45, 2.75) is 39.3 Å². The van der Waals surface area contributed by atoms with Gasteiger partial charge in [0.1, 0.15) is 5.78 Å². The number of piperidine rings is 1. The molecular formula is C8H15NO. The molecule has 0 saturated carbocycles. The largest absolute Gasteiger partial charge is 0.311 e. The third kappa shape index (κ3) is 1.37. The third-order valence-corrected chi connectivity index (χ3v) is 2.31. The van der Waals surface area contributed by atoms with Crippen LogP contribution in [0.3, 0.4) is 0 Å². The van der Waals surface area contributed by atoms with Gasteiger partial charge in [0.05, 0.1) is 0 Å². The van der Waals surface area contributed by atoms with E-state index in [9.17, 15) is 4.79 Å². The van der Waals surface area contributed by atoms with E-state index in [1.165, 1.54) is 0 Å². The molecule has 1 heterocycles. The van der Waals surface area contributed by atoms with Crippen LogP contribution in [-0.2, 0) is 4.79 Å². The lowest BCUT2D eigenvalue weighted by molar-refractivity contribution is -0.125. The van der Waals surface area contributed by atoms with Crippen molar-refractivity contribution >= 4 is 5.78 Å². The van der Waals surface area contributed by atoms with Crippen molar-refractivity contribution in [3.63, 3.8) is 0 Å². The number of carbonyl (C=O) groups excluding carboxylic acids is 1. The van der Waals surface area contributed by atoms with E-state index in [2.05, 4.69) is 19.2 Å². The van der Waals surface area contributed by atoms with Crippen LogP contribution in [0.4, 0.5) is 0 Å². The normalized spacial score (nSPS) is 41.9. The highest BCUT2D eigenvalue weighted by Gasteiger charge is 2.27. The van der Waals surface area contributed by atoms with Gasteiger partial charge in [-0.3, -0.25) is 4.79 Å². The monoisotopic (exact) mass is 141 g/mol. The first-order valence-electron chi connectivity index (χ1n) is 3.90. The molecule has 0 aliphatic carbocycles. The fourth-order valence-electron chi connectivity index (χ4n) is 1.42. The standard InChI is InChI=1S/C8H15NO/c1-5-4-8(10)6(2)7(3)9-5/h5-7,9H,4H2,1-3H3. The lowest BCUT2D eigenvalue weighted by Crippen LogP contribution is -2.48. The molecule has 1 aliphatic rings. The number of nitrogens with one attached hydrogen (secondary N) is 1. The van der Waals surface area contributed by atoms with E-state index in [0.717, 1.165) is 0 Å². The number of Topliss-reactive ketones (excluding diaryl/α,β-unsaturated/α-hetero) is 1. The van der Waals surface area contributed by atoms with E-state index in [1.807, 2.05) is 6.92 Å². The first-order valence-corrected chi connectivity index (χ1v) is 3.90. The Morgan fingerprint density at radius 3 is 2.50 bits per heavy atom. The zero-order chi connectivity index (χ0) is 7.72. The maximum absolute atomic E-state index is 11.2. The molecule has 0 amide bonds. The fourth-order valence-corrected chi connectivity index (χ4v) is 1.42. The molecule has 3 atom stereocenters. The molecule has 1 saturated heterocycles. The molecule has 1 N–H and O–H groups in total. The number of hydrogen-bond acceptors (Lipinski definition) is 2. The maximum Gasteiger partial charge on any atom is 0.138 e. The van der Waals surface area contributed by atoms with Gasteiger partial charge in [-0.15, -0.1) is 0 Å². The first kappa shape index (κ1) is 7.73. The summed E-state index contributed by atoms with van der Waals surface area (Å²) in [5, 5.41) is 3.34. The molecule has 58 valence electrons. The van der Waals surface area contributed by atoms with Gasteiger partial charge in [-0.25, -0.2) is 0 Å². The van der Waals surface area contributed by atoms with Crippen molar-refractivity contribution in [2.75, 3.05) is 0 Å². The molecule has 0 radical (unpaired) electrons. The van der Waals surface area contributed by atoms with Gasteiger partial charge >= 0.3 is 0 Å². The first-order chi connectivity index (χ1) is 4.61. The summed E-state index contributed by atoms with van der Waals surface area (Å²) in [6.07, 6.45) is 0.700. The van der Waals surface area contributed by atoms with Crippen molar-refractivity contribution < 1.29 is 4.79 Å². The van der Waals surface area contributed by atoms with Crippen molar-refractivity contribution in [2.24, 2.45) is 5.92 Å². The highest BCUT2D eigenvalue weighted by Crippen LogP contribution is 2.14. The average Bonchev–Trinajstić information content (AvgIpc) is 1.82. The van der Waals surface area contributed by atoms with Crippen LogP contribution in [0.15, 0.2) is 0 Å². The van der Waals surface area contributed by atoms with Crippen molar-refractivity contribution in [1.82, 2.24) is 5.32 Å². The minimum Gasteiger partial charge on any atom is -0.311 e. The Hall–Kier alpha value is -0.370. The lowest BCUT2D eigenvalue weighted by atomic mass is 9.89. The highest BCUT2D eigenvalue weighted by atomic mass is 16.1. The van der Waals surface area contributed by atoms with Crippen LogP contribution in [0.1, 0.15) is 27.2 Å². The Labute approximate surface area is 62.0 Å². The second-order valence-electron chi connectivity index (χ2n) is 3.32. The minimum absolute atomic E-state index is 0.205. The number of ketones is 1. The Bertz CT molecular complexity index is 144. The van der Waals surface area contributed by atoms with E-state index in [-0.39, 0.29) is 5.92 Å². The second-order valence-corrected chi connectivity index (χ2v) is 3.32. The van der Waals surface area contributed by atoms with Crippen LogP contribution in [0.5, 0.6) is 0 Å². The van der Waals surface area contributed by atoms with Crippen molar-refractivity contribution in [3.8, 4) is 0 Å². The van der Waals surface area contributed by atoms with E-state index in [0.29, 0.717) is 24.3 Å². The van der Waals surface area contributed by atoms with Gasteiger partial charge in [0.25, 0.3) is 0 Å². The van der Waals surface area contributed by atoms with Gasteiger partial charge < -0.3 is 5.32 Å². The summed E-state index contributed by atoms with van der Waals surface area (Å²) < 4.78 is 0. The van der Waals surface area contributed by atoms with Crippen LogP contribution >= 0.6 is 0 Å². The van der Waals surface area contributed by atoms with Gasteiger partial charge in [0.2, 0.25) is 0 Å². The van der Waals surface area contributed by atoms with Gasteiger partial charge in [-0.1, -0.05) is 6.92 Å². The predicted octanol–water partition coefficient (Wildman–Crippen LogP) is 0.962. The summed E-state index contributed by atoms with van der Waals surface area (Å²) in [7, 11) is 0. The highest BCUT2D eigenvalue weighted by molar-refractivity contribution is 5.82. The Kier molecular flexibility index (Phi) is 2.09. The van der Waals surface area contributed by atoms with Crippen LogP contribution in [0, 0.1) is 5.92 Å². The van der Waals surface area contributed by atoms with Gasteiger partial charge in [-0.05, 0) is 13.8 Å². The van der Waals surface area contributed by atoms with E-state index in [1.54, 1.807) is 0 Å². The van der Waals surface area contributed by atoms with Crippen LogP contribution in [-0.4, -0.2) is 17.9 Å². The lowest BCUT2D eigenvalue weighted by Gasteiger charge is -2.30. The molecule has 0 aromatic carbocycles. The Morgan fingerprint density at radius 2 is 2.00 bits per heavy atom. The predicted molar refractivity (Wildman–Crippen MR) is 40.8 cm³/mol. The summed E-state index contributed by atoms with van der Waals surface area (Å²) in [5.74, 6) is 0.606. The van der Waals surface area contributed by atoms with Crippen LogP contribution < -0.4 is 5.32 Å². The number of carbonyl (C=O) groups is 1. The maximum atomic E-state index is 11.2. The van der Waals surface area contributed by atoms with E-state index >= 15 is 0 Å². The molecule has 0 aromatic rings. The van der Waals surface area contributed by atoms with Crippen LogP contribution in [0.2, 0.25) is 0 Å². The van der Waals surface area contributed by atoms with Crippen molar-refractivity contribution in [1.29, 1.82) is 0 Å². The summed E-state index contributed by atoms with van der Waals surface area (Å²) in [4.78, 5) is 11.2. The fraction of sp³-hybridized carbons (Fsp3) is 0.875. The summed E-state index contributed by atoms with van der Waals surface area (Å²) in [6.45, 7) is 6.12. The summed E-state index contributed by atoms with van der Waals surface area (Å²) in [6, 6.07) is 0.731. The zero-order valence-electron chi connectivity index (χ0n) is 6.85. The van der Waals surface area contributed by atoms with E-state index in [4.69, 9.17) is 0 Å². The van der Waals surface area contributed by atoms with Gasteiger partial charge in [0, 0.05) is 24.4 Å². The molecule has 0 aromatic heterocycles. The molecule has 0 bridgehead atoms. The topological polar surface area (TPSA) is 29.1 Å². The molecule has 10 heavy (non-hydrogen) atoms. The Balaban J connectivity index is 2.57. The zero-order valence-corrected chi connectivity index (χ0v) is 6.85.